The fourth-order valence-electron chi connectivity index (χ4n) is 4.24. The first-order valence-corrected chi connectivity index (χ1v) is 10.6. The van der Waals surface area contributed by atoms with E-state index in [4.69, 9.17) is 9.47 Å². The minimum Gasteiger partial charge on any atom is -0.493 e. The lowest BCUT2D eigenvalue weighted by Gasteiger charge is -2.27. The van der Waals surface area contributed by atoms with E-state index in [1.807, 2.05) is 29.8 Å². The molecule has 7 heteroatoms. The fraction of sp³-hybridized carbons (Fsp3) is 0.545. The highest BCUT2D eigenvalue weighted by Crippen LogP contribution is 2.29. The number of amides is 1. The van der Waals surface area contributed by atoms with Crippen LogP contribution in [-0.2, 0) is 19.6 Å². The predicted octanol–water partition coefficient (Wildman–Crippen LogP) is 2.98. The van der Waals surface area contributed by atoms with Crippen molar-refractivity contribution in [1.82, 2.24) is 20.0 Å². The number of rotatable bonds is 7. The van der Waals surface area contributed by atoms with Crippen LogP contribution in [0.2, 0.25) is 0 Å². The van der Waals surface area contributed by atoms with Crippen LogP contribution in [0.3, 0.4) is 0 Å². The number of carbonyl (C=O) groups excluding carboxylic acids is 1. The van der Waals surface area contributed by atoms with Gasteiger partial charge in [-0.25, -0.2) is 0 Å². The summed E-state index contributed by atoms with van der Waals surface area (Å²) < 4.78 is 13.0. The van der Waals surface area contributed by atoms with Crippen molar-refractivity contribution in [3.05, 3.63) is 41.2 Å². The quantitative estimate of drug-likeness (QED) is 0.777. The standard InChI is InChI=1S/C22H30N4O3/c1-3-29-20-9-8-16(12-21(20)28-2)14-25-10-11-26-18(15-25)13-19(24-26)22(27)23-17-6-4-5-7-17/h8-9,12-13,17H,3-7,10-11,14-15H2,1-2H3,(H,23,27). The molecule has 1 aromatic carbocycles. The van der Waals surface area contributed by atoms with Crippen molar-refractivity contribution in [2.75, 3.05) is 20.3 Å². The number of fused-ring (bicyclic) bond motifs is 1. The van der Waals surface area contributed by atoms with Crippen LogP contribution >= 0.6 is 0 Å². The molecule has 156 valence electrons. The van der Waals surface area contributed by atoms with E-state index in [1.54, 1.807) is 7.11 Å². The van der Waals surface area contributed by atoms with Gasteiger partial charge < -0.3 is 14.8 Å². The van der Waals surface area contributed by atoms with Gasteiger partial charge in [-0.05, 0) is 43.5 Å². The SMILES string of the molecule is CCOc1ccc(CN2CCn3nc(C(=O)NC4CCCC4)cc3C2)cc1OC. The number of nitrogens with one attached hydrogen (secondary N) is 1. The monoisotopic (exact) mass is 398 g/mol. The van der Waals surface area contributed by atoms with Crippen LogP contribution in [0.25, 0.3) is 0 Å². The summed E-state index contributed by atoms with van der Waals surface area (Å²) in [6.45, 7) is 5.86. The van der Waals surface area contributed by atoms with Crippen LogP contribution in [-0.4, -0.2) is 46.9 Å². The topological polar surface area (TPSA) is 68.6 Å². The molecule has 7 nitrogen and oxygen atoms in total. The van der Waals surface area contributed by atoms with E-state index in [0.717, 1.165) is 56.2 Å². The van der Waals surface area contributed by atoms with E-state index < -0.39 is 0 Å². The summed E-state index contributed by atoms with van der Waals surface area (Å²) in [6, 6.07) is 8.34. The second kappa shape index (κ2) is 8.86. The largest absolute Gasteiger partial charge is 0.493 e. The number of ether oxygens (including phenoxy) is 2. The summed E-state index contributed by atoms with van der Waals surface area (Å²) >= 11 is 0. The summed E-state index contributed by atoms with van der Waals surface area (Å²) in [5.74, 6) is 1.49. The van der Waals surface area contributed by atoms with E-state index in [0.29, 0.717) is 18.3 Å². The molecular formula is C22H30N4O3. The number of nitrogens with zero attached hydrogens (tertiary/aromatic N) is 3. The Bertz CT molecular complexity index is 858. The van der Waals surface area contributed by atoms with E-state index in [1.165, 1.54) is 18.4 Å². The van der Waals surface area contributed by atoms with Gasteiger partial charge >= 0.3 is 0 Å². The van der Waals surface area contributed by atoms with Gasteiger partial charge in [0.2, 0.25) is 0 Å². The first-order chi connectivity index (χ1) is 14.2. The molecule has 1 fully saturated rings. The van der Waals surface area contributed by atoms with Gasteiger partial charge in [-0.2, -0.15) is 5.10 Å². The smallest absolute Gasteiger partial charge is 0.272 e. The highest BCUT2D eigenvalue weighted by atomic mass is 16.5. The maximum atomic E-state index is 12.5. The van der Waals surface area contributed by atoms with Crippen LogP contribution in [0.5, 0.6) is 11.5 Å². The zero-order chi connectivity index (χ0) is 20.2. The zero-order valence-electron chi connectivity index (χ0n) is 17.3. The molecule has 2 aromatic rings. The zero-order valence-corrected chi connectivity index (χ0v) is 17.3. The molecule has 0 bridgehead atoms. The van der Waals surface area contributed by atoms with Crippen molar-refractivity contribution in [3.63, 3.8) is 0 Å². The molecule has 4 rings (SSSR count). The van der Waals surface area contributed by atoms with Crippen molar-refractivity contribution in [1.29, 1.82) is 0 Å². The second-order valence-corrected chi connectivity index (χ2v) is 7.83. The number of carbonyl (C=O) groups is 1. The Labute approximate surface area is 172 Å². The molecule has 1 saturated carbocycles. The second-order valence-electron chi connectivity index (χ2n) is 7.83. The van der Waals surface area contributed by atoms with Crippen LogP contribution < -0.4 is 14.8 Å². The molecule has 29 heavy (non-hydrogen) atoms. The van der Waals surface area contributed by atoms with Gasteiger partial charge in [0, 0.05) is 25.7 Å². The van der Waals surface area contributed by atoms with Gasteiger partial charge in [0.25, 0.3) is 5.91 Å². The molecule has 1 aliphatic carbocycles. The van der Waals surface area contributed by atoms with Gasteiger partial charge in [0.05, 0.1) is 26.0 Å². The molecule has 1 amide bonds. The number of hydrogen-bond acceptors (Lipinski definition) is 5. The van der Waals surface area contributed by atoms with Gasteiger partial charge in [-0.1, -0.05) is 18.9 Å². The lowest BCUT2D eigenvalue weighted by molar-refractivity contribution is 0.0931. The Kier molecular flexibility index (Phi) is 6.04. The summed E-state index contributed by atoms with van der Waals surface area (Å²) in [5, 5.41) is 7.66. The summed E-state index contributed by atoms with van der Waals surface area (Å²) in [6.07, 6.45) is 4.57. The van der Waals surface area contributed by atoms with Gasteiger partial charge in [-0.3, -0.25) is 14.4 Å². The van der Waals surface area contributed by atoms with Crippen molar-refractivity contribution < 1.29 is 14.3 Å². The third-order valence-corrected chi connectivity index (χ3v) is 5.73. The molecule has 2 aliphatic rings. The molecule has 0 atom stereocenters. The fourth-order valence-corrected chi connectivity index (χ4v) is 4.24. The third-order valence-electron chi connectivity index (χ3n) is 5.73. The van der Waals surface area contributed by atoms with Crippen LogP contribution in [0.1, 0.15) is 54.4 Å². The average Bonchev–Trinajstić information content (AvgIpc) is 3.38. The summed E-state index contributed by atoms with van der Waals surface area (Å²) in [5.41, 5.74) is 2.81. The highest BCUT2D eigenvalue weighted by molar-refractivity contribution is 5.92. The average molecular weight is 399 g/mol. The predicted molar refractivity (Wildman–Crippen MR) is 110 cm³/mol. The summed E-state index contributed by atoms with van der Waals surface area (Å²) in [4.78, 5) is 14.9. The van der Waals surface area contributed by atoms with Gasteiger partial charge in [0.15, 0.2) is 17.2 Å². The lowest BCUT2D eigenvalue weighted by Crippen LogP contribution is -2.33. The van der Waals surface area contributed by atoms with Crippen molar-refractivity contribution >= 4 is 5.91 Å². The number of aromatic nitrogens is 2. The maximum absolute atomic E-state index is 12.5. The van der Waals surface area contributed by atoms with Gasteiger partial charge in [0.1, 0.15) is 0 Å². The molecule has 1 N–H and O–H groups in total. The molecule has 0 spiro atoms. The molecule has 0 saturated heterocycles. The molecule has 2 heterocycles. The molecule has 1 aromatic heterocycles. The first-order valence-electron chi connectivity index (χ1n) is 10.6. The molecule has 0 unspecified atom stereocenters. The number of benzene rings is 1. The van der Waals surface area contributed by atoms with Crippen molar-refractivity contribution in [2.24, 2.45) is 0 Å². The first kappa shape index (κ1) is 19.8. The van der Waals surface area contributed by atoms with E-state index in [-0.39, 0.29) is 5.91 Å². The van der Waals surface area contributed by atoms with Gasteiger partial charge in [-0.15, -0.1) is 0 Å². The van der Waals surface area contributed by atoms with Crippen LogP contribution in [0.4, 0.5) is 0 Å². The number of methoxy groups -OCH3 is 1. The highest BCUT2D eigenvalue weighted by Gasteiger charge is 2.23. The van der Waals surface area contributed by atoms with E-state index in [2.05, 4.69) is 21.4 Å². The molecular weight excluding hydrogens is 368 g/mol. The van der Waals surface area contributed by atoms with Crippen LogP contribution in [0, 0.1) is 0 Å². The van der Waals surface area contributed by atoms with Crippen molar-refractivity contribution in [3.8, 4) is 11.5 Å². The third kappa shape index (κ3) is 4.56. The Morgan fingerprint density at radius 1 is 1.21 bits per heavy atom. The Morgan fingerprint density at radius 2 is 2.03 bits per heavy atom. The van der Waals surface area contributed by atoms with E-state index >= 15 is 0 Å². The Morgan fingerprint density at radius 3 is 2.79 bits per heavy atom. The van der Waals surface area contributed by atoms with Crippen LogP contribution in [0.15, 0.2) is 24.3 Å². The minimum atomic E-state index is -0.0402. The van der Waals surface area contributed by atoms with E-state index in [9.17, 15) is 4.79 Å². The lowest BCUT2D eigenvalue weighted by atomic mass is 10.1. The molecule has 1 aliphatic heterocycles. The Hall–Kier alpha value is -2.54. The molecule has 0 radical (unpaired) electrons. The van der Waals surface area contributed by atoms with Crippen molar-refractivity contribution in [2.45, 2.75) is 58.3 Å². The Balaban J connectivity index is 1.40. The maximum Gasteiger partial charge on any atom is 0.272 e. The normalized spacial score (nSPS) is 17.2. The summed E-state index contributed by atoms with van der Waals surface area (Å²) in [7, 11) is 1.67. The minimum absolute atomic E-state index is 0.0402. The number of hydrogen-bond donors (Lipinski definition) is 1.